The van der Waals surface area contributed by atoms with Crippen LogP contribution < -0.4 is 5.32 Å². The number of sulfone groups is 1. The predicted octanol–water partition coefficient (Wildman–Crippen LogP) is 3.34. The minimum Gasteiger partial charge on any atom is -0.351 e. The number of hydrogen-bond acceptors (Lipinski definition) is 3. The lowest BCUT2D eigenvalue weighted by molar-refractivity contribution is -0.0503. The molecule has 4 fully saturated rings. The van der Waals surface area contributed by atoms with Gasteiger partial charge in [0.25, 0.3) is 5.91 Å². The van der Waals surface area contributed by atoms with Crippen LogP contribution in [-0.2, 0) is 9.84 Å². The molecule has 5 heteroatoms. The molecule has 0 radical (unpaired) electrons. The van der Waals surface area contributed by atoms with Gasteiger partial charge in [-0.1, -0.05) is 6.07 Å². The van der Waals surface area contributed by atoms with Crippen LogP contribution in [0.5, 0.6) is 0 Å². The Morgan fingerprint density at radius 2 is 1.68 bits per heavy atom. The number of rotatable bonds is 4. The monoisotopic (exact) mass is 361 g/mol. The molecule has 4 aliphatic carbocycles. The number of aryl methyl sites for hydroxylation is 1. The molecule has 25 heavy (non-hydrogen) atoms. The Labute approximate surface area is 150 Å². The van der Waals surface area contributed by atoms with E-state index in [9.17, 15) is 13.2 Å². The minimum atomic E-state index is -3.31. The van der Waals surface area contributed by atoms with Crippen molar-refractivity contribution in [1.82, 2.24) is 5.32 Å². The van der Waals surface area contributed by atoms with Gasteiger partial charge in [-0.3, -0.25) is 4.79 Å². The van der Waals surface area contributed by atoms with E-state index in [2.05, 4.69) is 5.32 Å². The van der Waals surface area contributed by atoms with Gasteiger partial charge in [0.1, 0.15) is 0 Å². The van der Waals surface area contributed by atoms with Crippen LogP contribution >= 0.6 is 0 Å². The van der Waals surface area contributed by atoms with E-state index in [4.69, 9.17) is 0 Å². The summed E-state index contributed by atoms with van der Waals surface area (Å²) in [7, 11) is -3.31. The summed E-state index contributed by atoms with van der Waals surface area (Å²) in [6.07, 6.45) is 9.10. The van der Waals surface area contributed by atoms with Crippen molar-refractivity contribution in [3.8, 4) is 0 Å². The van der Waals surface area contributed by atoms with E-state index in [1.165, 1.54) is 50.8 Å². The molecule has 0 heterocycles. The van der Waals surface area contributed by atoms with E-state index < -0.39 is 9.84 Å². The fourth-order valence-electron chi connectivity index (χ4n) is 5.95. The summed E-state index contributed by atoms with van der Waals surface area (Å²) in [4.78, 5) is 12.9. The minimum absolute atomic E-state index is 0.140. The number of hydrogen-bond donors (Lipinski definition) is 1. The molecule has 0 aromatic heterocycles. The standard InChI is InChI=1S/C20H27NO3S/c1-13-3-4-17(25(2,23)24)8-18(13)19(22)21-12-20-9-14-5-15(10-20)7-16(6-14)11-20/h3-4,8,14-16H,5-7,9-12H2,1-2H3,(H,21,22). The van der Waals surface area contributed by atoms with Crippen molar-refractivity contribution in [1.29, 1.82) is 0 Å². The molecule has 0 aliphatic heterocycles. The smallest absolute Gasteiger partial charge is 0.251 e. The molecular weight excluding hydrogens is 334 g/mol. The van der Waals surface area contributed by atoms with Crippen LogP contribution in [0.1, 0.15) is 54.4 Å². The summed E-state index contributed by atoms with van der Waals surface area (Å²) in [5, 5.41) is 3.14. The van der Waals surface area contributed by atoms with Gasteiger partial charge >= 0.3 is 0 Å². The molecule has 0 unspecified atom stereocenters. The molecule has 1 amide bonds. The lowest BCUT2D eigenvalue weighted by Crippen LogP contribution is -2.51. The van der Waals surface area contributed by atoms with Gasteiger partial charge in [0, 0.05) is 18.4 Å². The summed E-state index contributed by atoms with van der Waals surface area (Å²) in [5.74, 6) is 2.44. The van der Waals surface area contributed by atoms with Crippen molar-refractivity contribution in [3.63, 3.8) is 0 Å². The van der Waals surface area contributed by atoms with Crippen LogP contribution in [0.2, 0.25) is 0 Å². The molecule has 4 saturated carbocycles. The quantitative estimate of drug-likeness (QED) is 0.894. The summed E-state index contributed by atoms with van der Waals surface area (Å²) in [6, 6.07) is 4.80. The average molecular weight is 362 g/mol. The first-order valence-corrected chi connectivity index (χ1v) is 11.2. The van der Waals surface area contributed by atoms with E-state index in [0.717, 1.165) is 29.9 Å². The molecule has 4 aliphatic rings. The number of carbonyl (C=O) groups excluding carboxylic acids is 1. The van der Waals surface area contributed by atoms with E-state index in [0.29, 0.717) is 5.56 Å². The van der Waals surface area contributed by atoms with Crippen LogP contribution in [0.4, 0.5) is 0 Å². The molecule has 0 saturated heterocycles. The molecule has 4 bridgehead atoms. The molecule has 136 valence electrons. The summed E-state index contributed by atoms with van der Waals surface area (Å²) < 4.78 is 23.5. The van der Waals surface area contributed by atoms with Gasteiger partial charge in [-0.2, -0.15) is 0 Å². The molecule has 4 nitrogen and oxygen atoms in total. The van der Waals surface area contributed by atoms with Crippen molar-refractivity contribution >= 4 is 15.7 Å². The first-order chi connectivity index (χ1) is 11.7. The van der Waals surface area contributed by atoms with E-state index in [-0.39, 0.29) is 16.2 Å². The van der Waals surface area contributed by atoms with Crippen molar-refractivity contribution in [3.05, 3.63) is 29.3 Å². The highest BCUT2D eigenvalue weighted by molar-refractivity contribution is 7.90. The first kappa shape index (κ1) is 17.1. The Balaban J connectivity index is 1.50. The van der Waals surface area contributed by atoms with Crippen molar-refractivity contribution < 1.29 is 13.2 Å². The molecule has 0 atom stereocenters. The fraction of sp³-hybridized carbons (Fsp3) is 0.650. The normalized spacial score (nSPS) is 33.4. The number of benzene rings is 1. The second-order valence-corrected chi connectivity index (χ2v) is 10.9. The van der Waals surface area contributed by atoms with E-state index in [1.807, 2.05) is 6.92 Å². The van der Waals surface area contributed by atoms with Crippen LogP contribution in [-0.4, -0.2) is 27.1 Å². The number of amides is 1. The summed E-state index contributed by atoms with van der Waals surface area (Å²) >= 11 is 0. The van der Waals surface area contributed by atoms with Crippen molar-refractivity contribution in [2.75, 3.05) is 12.8 Å². The predicted molar refractivity (Wildman–Crippen MR) is 97.2 cm³/mol. The third kappa shape index (κ3) is 3.23. The van der Waals surface area contributed by atoms with Gasteiger partial charge in [-0.05, 0) is 86.3 Å². The van der Waals surface area contributed by atoms with Crippen LogP contribution in [0.15, 0.2) is 23.1 Å². The zero-order valence-electron chi connectivity index (χ0n) is 15.0. The van der Waals surface area contributed by atoms with Crippen molar-refractivity contribution in [2.24, 2.45) is 23.2 Å². The molecular formula is C20H27NO3S. The second-order valence-electron chi connectivity index (χ2n) is 8.85. The zero-order valence-corrected chi connectivity index (χ0v) is 15.9. The highest BCUT2D eigenvalue weighted by Gasteiger charge is 2.50. The Morgan fingerprint density at radius 1 is 1.12 bits per heavy atom. The van der Waals surface area contributed by atoms with Gasteiger partial charge in [0.2, 0.25) is 0 Å². The van der Waals surface area contributed by atoms with Gasteiger partial charge in [0.15, 0.2) is 9.84 Å². The highest BCUT2D eigenvalue weighted by Crippen LogP contribution is 2.59. The maximum absolute atomic E-state index is 12.7. The van der Waals surface area contributed by atoms with Crippen molar-refractivity contribution in [2.45, 2.75) is 50.3 Å². The third-order valence-corrected chi connectivity index (χ3v) is 7.78. The second kappa shape index (κ2) is 5.83. The molecule has 5 rings (SSSR count). The van der Waals surface area contributed by atoms with E-state index >= 15 is 0 Å². The maximum atomic E-state index is 12.7. The lowest BCUT2D eigenvalue weighted by Gasteiger charge is -2.56. The SMILES string of the molecule is Cc1ccc(S(C)(=O)=O)cc1C(=O)NCC12CC3CC(CC(C3)C1)C2. The van der Waals surface area contributed by atoms with Gasteiger partial charge < -0.3 is 5.32 Å². The molecule has 1 aromatic rings. The average Bonchev–Trinajstić information content (AvgIpc) is 2.51. The Bertz CT molecular complexity index is 777. The summed E-state index contributed by atoms with van der Waals surface area (Å²) in [5.41, 5.74) is 1.58. The largest absolute Gasteiger partial charge is 0.351 e. The topological polar surface area (TPSA) is 63.2 Å². The number of carbonyl (C=O) groups is 1. The van der Waals surface area contributed by atoms with Crippen LogP contribution in [0.3, 0.4) is 0 Å². The number of nitrogens with one attached hydrogen (secondary N) is 1. The molecule has 1 N–H and O–H groups in total. The zero-order chi connectivity index (χ0) is 17.8. The maximum Gasteiger partial charge on any atom is 0.251 e. The highest BCUT2D eigenvalue weighted by atomic mass is 32.2. The Hall–Kier alpha value is -1.36. The Morgan fingerprint density at radius 3 is 2.20 bits per heavy atom. The van der Waals surface area contributed by atoms with Gasteiger partial charge in [0.05, 0.1) is 4.90 Å². The van der Waals surface area contributed by atoms with E-state index in [1.54, 1.807) is 12.1 Å². The molecule has 1 aromatic carbocycles. The Kier molecular flexibility index (Phi) is 3.98. The fourth-order valence-corrected chi connectivity index (χ4v) is 6.59. The van der Waals surface area contributed by atoms with Gasteiger partial charge in [-0.25, -0.2) is 8.42 Å². The third-order valence-electron chi connectivity index (χ3n) is 6.67. The van der Waals surface area contributed by atoms with Crippen LogP contribution in [0.25, 0.3) is 0 Å². The van der Waals surface area contributed by atoms with Gasteiger partial charge in [-0.15, -0.1) is 0 Å². The lowest BCUT2D eigenvalue weighted by atomic mass is 9.49. The van der Waals surface area contributed by atoms with Crippen LogP contribution in [0, 0.1) is 30.1 Å². The summed E-state index contributed by atoms with van der Waals surface area (Å²) in [6.45, 7) is 2.59. The molecule has 0 spiro atoms. The first-order valence-electron chi connectivity index (χ1n) is 9.33.